The maximum atomic E-state index is 13.5. The topological polar surface area (TPSA) is 88.5 Å². The number of nitrogens with zero attached hydrogens (tertiary/aromatic N) is 3. The van der Waals surface area contributed by atoms with E-state index in [1.165, 1.54) is 4.90 Å². The molecule has 0 bridgehead atoms. The lowest BCUT2D eigenvalue weighted by molar-refractivity contribution is -0.123. The first-order valence-corrected chi connectivity index (χ1v) is 10.2. The summed E-state index contributed by atoms with van der Waals surface area (Å²) in [6, 6.07) is 12.1. The number of amides is 2. The highest BCUT2D eigenvalue weighted by Gasteiger charge is 2.64. The number of carbonyl (C=O) groups excluding carboxylic acids is 3. The van der Waals surface area contributed by atoms with Gasteiger partial charge in [0.25, 0.3) is 0 Å². The van der Waals surface area contributed by atoms with Gasteiger partial charge in [-0.15, -0.1) is 0 Å². The van der Waals surface area contributed by atoms with Crippen molar-refractivity contribution in [2.75, 3.05) is 19.1 Å². The molecule has 2 fully saturated rings. The van der Waals surface area contributed by atoms with Crippen LogP contribution in [0, 0.1) is 11.8 Å². The van der Waals surface area contributed by atoms with Gasteiger partial charge >= 0.3 is 0 Å². The number of benzene rings is 2. The van der Waals surface area contributed by atoms with Crippen LogP contribution in [0.5, 0.6) is 11.5 Å². The summed E-state index contributed by atoms with van der Waals surface area (Å²) in [5.74, 6) is -1.25. The van der Waals surface area contributed by atoms with Gasteiger partial charge < -0.3 is 9.47 Å². The number of hydrogen-bond acceptors (Lipinski definition) is 7. The minimum Gasteiger partial charge on any atom is -0.497 e. The summed E-state index contributed by atoms with van der Waals surface area (Å²) in [7, 11) is 3.10. The van der Waals surface area contributed by atoms with Gasteiger partial charge in [0.2, 0.25) is 11.8 Å². The average Bonchev–Trinajstić information content (AvgIpc) is 3.31. The molecule has 3 aliphatic heterocycles. The molecule has 8 nitrogen and oxygen atoms in total. The number of Topliss-reactive ketones (excluding diaryl/α,β-unsaturated/α-hetero) is 1. The summed E-state index contributed by atoms with van der Waals surface area (Å²) in [6.07, 6.45) is 5.14. The van der Waals surface area contributed by atoms with Crippen molar-refractivity contribution < 1.29 is 23.9 Å². The second-order valence-corrected chi connectivity index (χ2v) is 7.82. The van der Waals surface area contributed by atoms with Crippen LogP contribution in [0.25, 0.3) is 0 Å². The Bertz CT molecular complexity index is 1140. The largest absolute Gasteiger partial charge is 0.497 e. The van der Waals surface area contributed by atoms with Crippen LogP contribution in [-0.4, -0.2) is 55.1 Å². The zero-order valence-corrected chi connectivity index (χ0v) is 17.5. The van der Waals surface area contributed by atoms with Crippen LogP contribution in [0.3, 0.4) is 0 Å². The smallest absolute Gasteiger partial charge is 0.240 e. The molecule has 3 heterocycles. The van der Waals surface area contributed by atoms with Crippen molar-refractivity contribution in [2.24, 2.45) is 16.9 Å². The first-order chi connectivity index (χ1) is 15.5. The van der Waals surface area contributed by atoms with E-state index in [0.29, 0.717) is 22.7 Å². The lowest BCUT2D eigenvalue weighted by Crippen LogP contribution is -2.46. The Morgan fingerprint density at radius 2 is 1.47 bits per heavy atom. The van der Waals surface area contributed by atoms with Crippen molar-refractivity contribution in [2.45, 2.75) is 12.1 Å². The molecule has 8 heteroatoms. The third-order valence-corrected chi connectivity index (χ3v) is 6.26. The SMILES string of the molecule is COc1ccc(C(=O)[C@@H]2[C@@H]3C(=O)N(c4ccc(OC)cc4)C(=O)[C@@H]3[C@@H]3C=CC=NN23)cc1. The van der Waals surface area contributed by atoms with E-state index in [4.69, 9.17) is 9.47 Å². The predicted molar refractivity (Wildman–Crippen MR) is 117 cm³/mol. The van der Waals surface area contributed by atoms with Crippen molar-refractivity contribution in [3.8, 4) is 11.5 Å². The number of hydrazone groups is 1. The second kappa shape index (κ2) is 7.64. The Kier molecular flexibility index (Phi) is 4.77. The summed E-state index contributed by atoms with van der Waals surface area (Å²) in [5, 5.41) is 5.96. The summed E-state index contributed by atoms with van der Waals surface area (Å²) < 4.78 is 10.3. The maximum Gasteiger partial charge on any atom is 0.240 e. The number of ketones is 1. The first-order valence-electron chi connectivity index (χ1n) is 10.2. The molecule has 0 unspecified atom stereocenters. The summed E-state index contributed by atoms with van der Waals surface area (Å²) in [6.45, 7) is 0. The van der Waals surface area contributed by atoms with Crippen LogP contribution in [-0.2, 0) is 9.59 Å². The Morgan fingerprint density at radius 1 is 0.875 bits per heavy atom. The average molecular weight is 431 g/mol. The molecule has 2 aromatic rings. The van der Waals surface area contributed by atoms with E-state index < -0.39 is 29.8 Å². The van der Waals surface area contributed by atoms with Gasteiger partial charge in [0.05, 0.1) is 37.8 Å². The lowest BCUT2D eigenvalue weighted by Gasteiger charge is -2.30. The molecule has 0 spiro atoms. The Hall–Kier alpha value is -3.94. The fraction of sp³-hybridized carbons (Fsp3) is 0.250. The van der Waals surface area contributed by atoms with Crippen LogP contribution in [0.15, 0.2) is 65.8 Å². The lowest BCUT2D eigenvalue weighted by atomic mass is 9.86. The monoisotopic (exact) mass is 431 g/mol. The number of carbonyl (C=O) groups is 3. The molecule has 4 atom stereocenters. The third-order valence-electron chi connectivity index (χ3n) is 6.26. The third kappa shape index (κ3) is 2.90. The zero-order valence-electron chi connectivity index (χ0n) is 17.5. The molecule has 162 valence electrons. The number of allylic oxidation sites excluding steroid dienone is 1. The van der Waals surface area contributed by atoms with Gasteiger partial charge in [-0.05, 0) is 54.6 Å². The zero-order chi connectivity index (χ0) is 22.4. The predicted octanol–water partition coefficient (Wildman–Crippen LogP) is 2.30. The molecule has 5 rings (SSSR count). The Balaban J connectivity index is 1.53. The van der Waals surface area contributed by atoms with Gasteiger partial charge in [0.1, 0.15) is 17.5 Å². The molecular formula is C24H21N3O5. The highest BCUT2D eigenvalue weighted by molar-refractivity contribution is 6.24. The van der Waals surface area contributed by atoms with Crippen molar-refractivity contribution in [3.05, 3.63) is 66.2 Å². The Labute approximate surface area is 184 Å². The number of methoxy groups -OCH3 is 2. The Morgan fingerprint density at radius 3 is 2.09 bits per heavy atom. The van der Waals surface area contributed by atoms with Gasteiger partial charge in [-0.3, -0.25) is 19.4 Å². The van der Waals surface area contributed by atoms with Crippen molar-refractivity contribution in [1.82, 2.24) is 5.01 Å². The fourth-order valence-corrected chi connectivity index (χ4v) is 4.75. The highest BCUT2D eigenvalue weighted by atomic mass is 16.5. The minimum absolute atomic E-state index is 0.254. The quantitative estimate of drug-likeness (QED) is 0.533. The van der Waals surface area contributed by atoms with Crippen LogP contribution >= 0.6 is 0 Å². The van der Waals surface area contributed by atoms with Crippen LogP contribution < -0.4 is 14.4 Å². The summed E-state index contributed by atoms with van der Waals surface area (Å²) in [4.78, 5) is 41.7. The molecule has 2 aromatic carbocycles. The van der Waals surface area contributed by atoms with Gasteiger partial charge in [-0.2, -0.15) is 5.10 Å². The van der Waals surface area contributed by atoms with E-state index in [1.54, 1.807) is 80.1 Å². The number of imide groups is 1. The van der Waals surface area contributed by atoms with Crippen molar-refractivity contribution in [1.29, 1.82) is 0 Å². The molecule has 0 radical (unpaired) electrons. The minimum atomic E-state index is -0.876. The molecule has 2 saturated heterocycles. The van der Waals surface area contributed by atoms with E-state index in [0.717, 1.165) is 0 Å². The van der Waals surface area contributed by atoms with Gasteiger partial charge in [-0.1, -0.05) is 6.08 Å². The maximum absolute atomic E-state index is 13.5. The fourth-order valence-electron chi connectivity index (χ4n) is 4.75. The van der Waals surface area contributed by atoms with Crippen molar-refractivity contribution in [3.63, 3.8) is 0 Å². The summed E-state index contributed by atoms with van der Waals surface area (Å²) in [5.41, 5.74) is 0.892. The summed E-state index contributed by atoms with van der Waals surface area (Å²) >= 11 is 0. The number of anilines is 1. The molecule has 2 amide bonds. The van der Waals surface area contributed by atoms with Crippen LogP contribution in [0.2, 0.25) is 0 Å². The van der Waals surface area contributed by atoms with Gasteiger partial charge in [0, 0.05) is 11.8 Å². The van der Waals surface area contributed by atoms with E-state index >= 15 is 0 Å². The van der Waals surface area contributed by atoms with Crippen LogP contribution in [0.1, 0.15) is 10.4 Å². The molecule has 0 N–H and O–H groups in total. The standard InChI is InChI=1S/C24H21N3O5/c1-31-16-9-5-14(6-10-16)22(28)21-20-19(18-4-3-13-25-27(18)21)23(29)26(24(20)30)15-7-11-17(32-2)12-8-15/h3-13,18-21H,1-2H3/t18-,19+,20+,21-/m0/s1. The van der Waals surface area contributed by atoms with E-state index in [1.807, 2.05) is 6.08 Å². The molecule has 32 heavy (non-hydrogen) atoms. The van der Waals surface area contributed by atoms with Crippen LogP contribution in [0.4, 0.5) is 5.69 Å². The molecule has 3 aliphatic rings. The van der Waals surface area contributed by atoms with Crippen molar-refractivity contribution >= 4 is 29.5 Å². The molecule has 0 aromatic heterocycles. The number of rotatable bonds is 5. The van der Waals surface area contributed by atoms with Gasteiger partial charge in [-0.25, -0.2) is 4.90 Å². The second-order valence-electron chi connectivity index (χ2n) is 7.82. The number of hydrogen-bond donors (Lipinski definition) is 0. The number of ether oxygens (including phenoxy) is 2. The molecular weight excluding hydrogens is 410 g/mol. The van der Waals surface area contributed by atoms with E-state index in [-0.39, 0.29) is 11.7 Å². The molecule has 0 saturated carbocycles. The normalized spacial score (nSPS) is 25.7. The molecule has 0 aliphatic carbocycles. The van der Waals surface area contributed by atoms with E-state index in [9.17, 15) is 14.4 Å². The van der Waals surface area contributed by atoms with E-state index in [2.05, 4.69) is 5.10 Å². The highest BCUT2D eigenvalue weighted by Crippen LogP contribution is 2.46. The first kappa shape index (κ1) is 20.0. The number of fused-ring (bicyclic) bond motifs is 3. The van der Waals surface area contributed by atoms with Gasteiger partial charge in [0.15, 0.2) is 5.78 Å².